The van der Waals surface area contributed by atoms with E-state index in [-0.39, 0.29) is 33.3 Å². The highest BCUT2D eigenvalue weighted by Crippen LogP contribution is 2.39. The van der Waals surface area contributed by atoms with E-state index in [0.29, 0.717) is 11.1 Å². The number of aliphatic hydroxyl groups excluding tert-OH is 3. The van der Waals surface area contributed by atoms with Gasteiger partial charge in [0, 0.05) is 22.7 Å². The lowest BCUT2D eigenvalue weighted by atomic mass is 9.86. The fraction of sp³-hybridized carbons (Fsp3) is 0.310. The van der Waals surface area contributed by atoms with Crippen molar-refractivity contribution < 1.29 is 24.5 Å². The lowest BCUT2D eigenvalue weighted by molar-refractivity contribution is -0.114. The summed E-state index contributed by atoms with van der Waals surface area (Å²) < 4.78 is 16.3. The van der Waals surface area contributed by atoms with Gasteiger partial charge in [0.15, 0.2) is 0 Å². The first kappa shape index (κ1) is 27.4. The van der Waals surface area contributed by atoms with Crippen LogP contribution < -0.4 is 16.2 Å². The van der Waals surface area contributed by atoms with Crippen LogP contribution in [0, 0.1) is 11.7 Å². The van der Waals surface area contributed by atoms with Crippen LogP contribution >= 0.6 is 0 Å². The first-order valence-electron chi connectivity index (χ1n) is 12.8. The summed E-state index contributed by atoms with van der Waals surface area (Å²) in [6.07, 6.45) is 4.16. The number of amides is 1. The molecule has 0 spiro atoms. The fourth-order valence-corrected chi connectivity index (χ4v) is 5.12. The molecule has 0 aliphatic carbocycles. The highest BCUT2D eigenvalue weighted by Gasteiger charge is 2.40. The fourth-order valence-electron chi connectivity index (χ4n) is 5.12. The van der Waals surface area contributed by atoms with Gasteiger partial charge in [-0.15, -0.1) is 0 Å². The maximum atomic E-state index is 15.3. The number of primary amides is 1. The molecule has 0 radical (unpaired) electrons. The minimum absolute atomic E-state index is 0.126. The van der Waals surface area contributed by atoms with Gasteiger partial charge < -0.3 is 26.0 Å². The molecule has 2 aliphatic heterocycles. The van der Waals surface area contributed by atoms with Gasteiger partial charge in [0.1, 0.15) is 18.1 Å². The van der Waals surface area contributed by atoms with Crippen molar-refractivity contribution in [3.8, 4) is 5.69 Å². The molecule has 10 nitrogen and oxygen atoms in total. The van der Waals surface area contributed by atoms with Gasteiger partial charge in [-0.3, -0.25) is 14.6 Å². The summed E-state index contributed by atoms with van der Waals surface area (Å²) >= 11 is 0. The summed E-state index contributed by atoms with van der Waals surface area (Å²) in [6, 6.07) is 7.98. The zero-order valence-electron chi connectivity index (χ0n) is 22.2. The van der Waals surface area contributed by atoms with Crippen LogP contribution in [0.4, 0.5) is 10.1 Å². The summed E-state index contributed by atoms with van der Waals surface area (Å²) in [5, 5.41) is 34.6. The molecule has 2 aliphatic rings. The summed E-state index contributed by atoms with van der Waals surface area (Å²) in [5.74, 6) is -1.88. The number of aliphatic hydroxyl groups is 3. The van der Waals surface area contributed by atoms with E-state index in [1.54, 1.807) is 35.2 Å². The molecule has 3 unspecified atom stereocenters. The van der Waals surface area contributed by atoms with Gasteiger partial charge in [-0.05, 0) is 41.3 Å². The van der Waals surface area contributed by atoms with Gasteiger partial charge in [-0.25, -0.2) is 4.39 Å². The third-order valence-corrected chi connectivity index (χ3v) is 7.29. The number of nitrogens with zero attached hydrogens (tertiary/aromatic N) is 4. The van der Waals surface area contributed by atoms with Crippen molar-refractivity contribution in [1.29, 1.82) is 0 Å². The molecular weight excluding hydrogens is 517 g/mol. The van der Waals surface area contributed by atoms with Gasteiger partial charge in [0.05, 0.1) is 47.8 Å². The van der Waals surface area contributed by atoms with Crippen LogP contribution in [0.5, 0.6) is 0 Å². The van der Waals surface area contributed by atoms with Crippen molar-refractivity contribution in [2.75, 3.05) is 11.5 Å². The number of benzene rings is 2. The number of hydrogen-bond acceptors (Lipinski definition) is 8. The lowest BCUT2D eigenvalue weighted by Gasteiger charge is -2.31. The number of carbonyl (C=O) groups is 1. The summed E-state index contributed by atoms with van der Waals surface area (Å²) in [4.78, 5) is 32.0. The number of nitrogens with two attached hydrogens (primary N) is 1. The molecule has 1 aromatic heterocycles. The average Bonchev–Trinajstić information content (AvgIpc) is 3.30. The number of fused-ring (bicyclic) bond motifs is 2. The van der Waals surface area contributed by atoms with Crippen molar-refractivity contribution in [1.82, 2.24) is 9.78 Å². The monoisotopic (exact) mass is 547 g/mol. The van der Waals surface area contributed by atoms with Crippen molar-refractivity contribution in [2.45, 2.75) is 45.1 Å². The Morgan fingerprint density at radius 3 is 2.58 bits per heavy atom. The highest BCUT2D eigenvalue weighted by atomic mass is 19.1. The topological polar surface area (TPSA) is 154 Å². The number of dihydropyridines is 1. The molecule has 0 saturated heterocycles. The van der Waals surface area contributed by atoms with E-state index >= 15 is 4.39 Å². The Hall–Kier alpha value is -4.19. The number of aliphatic imine (C=N–C) groups is 1. The van der Waals surface area contributed by atoms with Crippen molar-refractivity contribution in [3.05, 3.63) is 87.8 Å². The van der Waals surface area contributed by atoms with Crippen molar-refractivity contribution in [3.63, 3.8) is 0 Å². The average molecular weight is 548 g/mol. The largest absolute Gasteiger partial charge is 0.393 e. The van der Waals surface area contributed by atoms with Crippen LogP contribution in [0.1, 0.15) is 31.9 Å². The maximum absolute atomic E-state index is 15.3. The summed E-state index contributed by atoms with van der Waals surface area (Å²) in [7, 11) is 0. The molecule has 3 heterocycles. The predicted molar refractivity (Wildman–Crippen MR) is 149 cm³/mol. The summed E-state index contributed by atoms with van der Waals surface area (Å²) in [6.45, 7) is 4.77. The molecule has 3 aromatic rings. The Bertz CT molecular complexity index is 1670. The second kappa shape index (κ2) is 10.1. The predicted octanol–water partition coefficient (Wildman–Crippen LogP) is 1.81. The van der Waals surface area contributed by atoms with Crippen molar-refractivity contribution in [2.24, 2.45) is 16.6 Å². The van der Waals surface area contributed by atoms with E-state index in [4.69, 9.17) is 5.73 Å². The zero-order valence-corrected chi connectivity index (χ0v) is 22.2. The Kier molecular flexibility index (Phi) is 6.90. The van der Waals surface area contributed by atoms with E-state index in [1.165, 1.54) is 24.5 Å². The van der Waals surface area contributed by atoms with Gasteiger partial charge in [-0.1, -0.05) is 32.9 Å². The molecule has 40 heavy (non-hydrogen) atoms. The Balaban J connectivity index is 1.66. The molecule has 5 rings (SSSR count). The molecule has 0 saturated carbocycles. The minimum Gasteiger partial charge on any atom is -0.393 e. The normalized spacial score (nSPS) is 19.4. The van der Waals surface area contributed by atoms with Gasteiger partial charge in [-0.2, -0.15) is 9.78 Å². The molecule has 3 atom stereocenters. The SMILES string of the molecule is CC(C)(C)c1cc(F)c2c(=O)n(-c3cccc(N4C=C(C(N)=O)C5C=CC(C(O)CO)=NC54)c3CO)ncc2c1. The second-order valence-corrected chi connectivity index (χ2v) is 10.9. The van der Waals surface area contributed by atoms with E-state index in [9.17, 15) is 24.9 Å². The zero-order chi connectivity index (χ0) is 28.9. The first-order chi connectivity index (χ1) is 19.0. The van der Waals surface area contributed by atoms with Gasteiger partial charge in [0.2, 0.25) is 5.91 Å². The van der Waals surface area contributed by atoms with Crippen LogP contribution in [0.2, 0.25) is 0 Å². The van der Waals surface area contributed by atoms with Crippen LogP contribution in [0.25, 0.3) is 16.5 Å². The van der Waals surface area contributed by atoms with E-state index < -0.39 is 48.7 Å². The van der Waals surface area contributed by atoms with Crippen LogP contribution in [0.15, 0.2) is 70.2 Å². The summed E-state index contributed by atoms with van der Waals surface area (Å²) in [5.41, 5.74) is 6.70. The number of carbonyl (C=O) groups excluding carboxylic acids is 1. The molecule has 0 bridgehead atoms. The third kappa shape index (κ3) is 4.51. The van der Waals surface area contributed by atoms with Crippen LogP contribution in [-0.2, 0) is 16.8 Å². The molecule has 11 heteroatoms. The number of halogens is 1. The standard InChI is InChI=1S/C29H30FN5O5/c1-29(2,3)16-9-15-11-32-35(28(40)25(15)20(30)10-16)23-6-4-5-22(19(23)13-36)34-12-18(26(31)39)17-7-8-21(24(38)14-37)33-27(17)34/h4-12,17,24,27,36-38H,13-14H2,1-3H3,(H2,31,39). The van der Waals surface area contributed by atoms with Crippen LogP contribution in [-0.4, -0.2) is 55.6 Å². The Morgan fingerprint density at radius 1 is 1.20 bits per heavy atom. The van der Waals surface area contributed by atoms with Gasteiger partial charge >= 0.3 is 0 Å². The molecular formula is C29H30FN5O5. The number of anilines is 1. The van der Waals surface area contributed by atoms with E-state index in [2.05, 4.69) is 10.1 Å². The number of rotatable bonds is 6. The van der Waals surface area contributed by atoms with E-state index in [1.807, 2.05) is 20.8 Å². The highest BCUT2D eigenvalue weighted by molar-refractivity contribution is 6.01. The second-order valence-electron chi connectivity index (χ2n) is 10.9. The lowest BCUT2D eigenvalue weighted by Crippen LogP contribution is -2.37. The van der Waals surface area contributed by atoms with E-state index in [0.717, 1.165) is 10.2 Å². The Labute approximate surface area is 229 Å². The number of aromatic nitrogens is 2. The number of hydrogen-bond donors (Lipinski definition) is 4. The first-order valence-corrected chi connectivity index (χ1v) is 12.8. The maximum Gasteiger partial charge on any atom is 0.282 e. The molecule has 0 fully saturated rings. The van der Waals surface area contributed by atoms with Crippen molar-refractivity contribution >= 4 is 28.1 Å². The minimum atomic E-state index is -1.23. The molecule has 5 N–H and O–H groups in total. The molecule has 2 aromatic carbocycles. The molecule has 208 valence electrons. The smallest absolute Gasteiger partial charge is 0.282 e. The molecule has 1 amide bonds. The third-order valence-electron chi connectivity index (χ3n) is 7.29. The quantitative estimate of drug-likeness (QED) is 0.367. The van der Waals surface area contributed by atoms with Crippen LogP contribution in [0.3, 0.4) is 0 Å². The Morgan fingerprint density at radius 2 is 1.93 bits per heavy atom. The van der Waals surface area contributed by atoms with Gasteiger partial charge in [0.25, 0.3) is 5.56 Å².